The van der Waals surface area contributed by atoms with Crippen LogP contribution in [0.5, 0.6) is 0 Å². The first kappa shape index (κ1) is 9.96. The third-order valence-corrected chi connectivity index (χ3v) is 2.09. The van der Waals surface area contributed by atoms with Gasteiger partial charge in [-0.15, -0.1) is 0 Å². The van der Waals surface area contributed by atoms with Crippen LogP contribution in [-0.2, 0) is 4.74 Å². The molecular weight excluding hydrogens is 186 g/mol. The third-order valence-electron chi connectivity index (χ3n) is 1.27. The molecule has 0 fully saturated rings. The predicted molar refractivity (Wildman–Crippen MR) is 49.3 cm³/mol. The van der Waals surface area contributed by atoms with Crippen LogP contribution < -0.4 is 0 Å². The number of ether oxygens (including phenoxy) is 1. The minimum atomic E-state index is 0.398. The number of hydrogen-bond acceptors (Lipinski definition) is 5. The van der Waals surface area contributed by atoms with Crippen molar-refractivity contribution < 1.29 is 4.74 Å². The maximum Gasteiger partial charge on any atom is 0.188 e. The van der Waals surface area contributed by atoms with E-state index in [4.69, 9.17) is 10.00 Å². The Bertz CT molecular complexity index is 311. The van der Waals surface area contributed by atoms with E-state index in [1.807, 2.05) is 6.07 Å². The standard InChI is InChI=1S/C8H9N3OS/c1-12-4-5-13-8-10-3-2-7(6-9)11-8/h2-3H,4-5H2,1H3. The van der Waals surface area contributed by atoms with Gasteiger partial charge in [0.25, 0.3) is 0 Å². The second-order valence-corrected chi connectivity index (χ2v) is 3.24. The van der Waals surface area contributed by atoms with Gasteiger partial charge in [0.1, 0.15) is 11.8 Å². The summed E-state index contributed by atoms with van der Waals surface area (Å²) in [5, 5.41) is 9.18. The van der Waals surface area contributed by atoms with Crippen molar-refractivity contribution >= 4 is 11.8 Å². The quantitative estimate of drug-likeness (QED) is 0.409. The molecule has 0 atom stereocenters. The highest BCUT2D eigenvalue weighted by atomic mass is 32.2. The van der Waals surface area contributed by atoms with Gasteiger partial charge in [-0.1, -0.05) is 11.8 Å². The molecule has 0 aromatic carbocycles. The molecule has 68 valence electrons. The number of hydrogen-bond donors (Lipinski definition) is 0. The number of aromatic nitrogens is 2. The summed E-state index contributed by atoms with van der Waals surface area (Å²) in [5.41, 5.74) is 0.398. The summed E-state index contributed by atoms with van der Waals surface area (Å²) >= 11 is 1.48. The van der Waals surface area contributed by atoms with Crippen LogP contribution in [0.1, 0.15) is 5.69 Å². The van der Waals surface area contributed by atoms with E-state index in [1.54, 1.807) is 19.4 Å². The van der Waals surface area contributed by atoms with E-state index in [2.05, 4.69) is 9.97 Å². The molecule has 0 saturated heterocycles. The molecule has 0 aliphatic rings. The molecule has 0 bridgehead atoms. The van der Waals surface area contributed by atoms with Crippen molar-refractivity contribution in [1.29, 1.82) is 5.26 Å². The van der Waals surface area contributed by atoms with Gasteiger partial charge in [-0.2, -0.15) is 5.26 Å². The molecule has 1 aromatic heterocycles. The highest BCUT2D eigenvalue weighted by Crippen LogP contribution is 2.11. The second-order valence-electron chi connectivity index (χ2n) is 2.18. The van der Waals surface area contributed by atoms with Crippen molar-refractivity contribution in [2.24, 2.45) is 0 Å². The van der Waals surface area contributed by atoms with Gasteiger partial charge < -0.3 is 4.74 Å². The molecule has 0 saturated carbocycles. The molecule has 0 unspecified atom stereocenters. The lowest BCUT2D eigenvalue weighted by Crippen LogP contribution is -1.94. The van der Waals surface area contributed by atoms with E-state index in [9.17, 15) is 0 Å². The van der Waals surface area contributed by atoms with Gasteiger partial charge in [0, 0.05) is 19.1 Å². The predicted octanol–water partition coefficient (Wildman–Crippen LogP) is 1.09. The van der Waals surface area contributed by atoms with Gasteiger partial charge in [-0.25, -0.2) is 9.97 Å². The fraction of sp³-hybridized carbons (Fsp3) is 0.375. The molecule has 0 N–H and O–H groups in total. The fourth-order valence-electron chi connectivity index (χ4n) is 0.689. The zero-order valence-corrected chi connectivity index (χ0v) is 8.04. The first-order valence-electron chi connectivity index (χ1n) is 3.71. The van der Waals surface area contributed by atoms with Crippen LogP contribution >= 0.6 is 11.8 Å². The average molecular weight is 195 g/mol. The molecule has 0 amide bonds. The lowest BCUT2D eigenvalue weighted by Gasteiger charge is -1.98. The van der Waals surface area contributed by atoms with Crippen LogP contribution in [0.25, 0.3) is 0 Å². The van der Waals surface area contributed by atoms with Gasteiger partial charge in [0.2, 0.25) is 0 Å². The lowest BCUT2D eigenvalue weighted by molar-refractivity contribution is 0.218. The molecular formula is C8H9N3OS. The van der Waals surface area contributed by atoms with Crippen LogP contribution in [0.4, 0.5) is 0 Å². The normalized spacial score (nSPS) is 9.54. The summed E-state index contributed by atoms with van der Waals surface area (Å²) < 4.78 is 4.88. The molecule has 0 spiro atoms. The first-order valence-corrected chi connectivity index (χ1v) is 4.70. The Morgan fingerprint density at radius 1 is 1.69 bits per heavy atom. The molecule has 4 nitrogen and oxygen atoms in total. The number of rotatable bonds is 4. The van der Waals surface area contributed by atoms with E-state index >= 15 is 0 Å². The van der Waals surface area contributed by atoms with Crippen LogP contribution in [0.15, 0.2) is 17.4 Å². The largest absolute Gasteiger partial charge is 0.384 e. The fourth-order valence-corrected chi connectivity index (χ4v) is 1.42. The molecule has 5 heteroatoms. The van der Waals surface area contributed by atoms with Crippen molar-refractivity contribution in [2.75, 3.05) is 19.5 Å². The Hall–Kier alpha value is -1.12. The van der Waals surface area contributed by atoms with Crippen molar-refractivity contribution in [3.8, 4) is 6.07 Å². The van der Waals surface area contributed by atoms with Gasteiger partial charge in [-0.3, -0.25) is 0 Å². The molecule has 0 radical (unpaired) electrons. The second kappa shape index (κ2) is 5.51. The summed E-state index contributed by atoms with van der Waals surface area (Å²) in [5.74, 6) is 0.797. The van der Waals surface area contributed by atoms with Gasteiger partial charge >= 0.3 is 0 Å². The molecule has 1 heterocycles. The maximum absolute atomic E-state index is 8.56. The summed E-state index contributed by atoms with van der Waals surface area (Å²) in [7, 11) is 1.65. The maximum atomic E-state index is 8.56. The lowest BCUT2D eigenvalue weighted by atomic mass is 10.5. The average Bonchev–Trinajstić information content (AvgIpc) is 2.19. The van der Waals surface area contributed by atoms with E-state index in [0.29, 0.717) is 17.5 Å². The van der Waals surface area contributed by atoms with Gasteiger partial charge in [0.15, 0.2) is 5.16 Å². The summed E-state index contributed by atoms with van der Waals surface area (Å²) in [6.45, 7) is 0.658. The van der Waals surface area contributed by atoms with Gasteiger partial charge in [-0.05, 0) is 6.07 Å². The zero-order chi connectivity index (χ0) is 9.52. The first-order chi connectivity index (χ1) is 6.36. The van der Waals surface area contributed by atoms with E-state index in [0.717, 1.165) is 5.75 Å². The van der Waals surface area contributed by atoms with Crippen molar-refractivity contribution in [1.82, 2.24) is 9.97 Å². The Labute approximate surface area is 81.0 Å². The number of nitriles is 1. The Balaban J connectivity index is 2.52. The molecule has 0 aliphatic heterocycles. The Morgan fingerprint density at radius 3 is 3.23 bits per heavy atom. The molecule has 0 aliphatic carbocycles. The topological polar surface area (TPSA) is 58.8 Å². The highest BCUT2D eigenvalue weighted by molar-refractivity contribution is 7.99. The van der Waals surface area contributed by atoms with E-state index in [-0.39, 0.29) is 0 Å². The van der Waals surface area contributed by atoms with Crippen molar-refractivity contribution in [3.05, 3.63) is 18.0 Å². The zero-order valence-electron chi connectivity index (χ0n) is 7.23. The van der Waals surface area contributed by atoms with Crippen molar-refractivity contribution in [2.45, 2.75) is 5.16 Å². The minimum Gasteiger partial charge on any atom is -0.384 e. The van der Waals surface area contributed by atoms with Crippen LogP contribution in [0.2, 0.25) is 0 Å². The molecule has 1 aromatic rings. The number of nitrogens with zero attached hydrogens (tertiary/aromatic N) is 3. The summed E-state index contributed by atoms with van der Waals surface area (Å²) in [6.07, 6.45) is 1.58. The monoisotopic (exact) mass is 195 g/mol. The molecule has 1 rings (SSSR count). The minimum absolute atomic E-state index is 0.398. The SMILES string of the molecule is COCCSc1nccc(C#N)n1. The van der Waals surface area contributed by atoms with E-state index in [1.165, 1.54) is 11.8 Å². The van der Waals surface area contributed by atoms with Crippen LogP contribution in [0.3, 0.4) is 0 Å². The van der Waals surface area contributed by atoms with Crippen LogP contribution in [-0.4, -0.2) is 29.4 Å². The Kier molecular flexibility index (Phi) is 4.23. The number of methoxy groups -OCH3 is 1. The third kappa shape index (κ3) is 3.40. The number of thioether (sulfide) groups is 1. The molecule has 13 heavy (non-hydrogen) atoms. The van der Waals surface area contributed by atoms with E-state index < -0.39 is 0 Å². The van der Waals surface area contributed by atoms with Gasteiger partial charge in [0.05, 0.1) is 6.61 Å². The summed E-state index contributed by atoms with van der Waals surface area (Å²) in [6, 6.07) is 3.55. The smallest absolute Gasteiger partial charge is 0.188 e. The summed E-state index contributed by atoms with van der Waals surface area (Å²) in [4.78, 5) is 8.00. The van der Waals surface area contributed by atoms with Crippen molar-refractivity contribution in [3.63, 3.8) is 0 Å². The highest BCUT2D eigenvalue weighted by Gasteiger charge is 1.98. The van der Waals surface area contributed by atoms with Crippen LogP contribution in [0, 0.1) is 11.3 Å². The Morgan fingerprint density at radius 2 is 2.54 bits per heavy atom.